The number of nitrogens with zero attached hydrogens (tertiary/aromatic N) is 1. The van der Waals surface area contributed by atoms with Gasteiger partial charge in [-0.05, 0) is 12.8 Å². The van der Waals surface area contributed by atoms with Crippen molar-refractivity contribution in [3.63, 3.8) is 0 Å². The van der Waals surface area contributed by atoms with Gasteiger partial charge in [0.05, 0.1) is 12.6 Å². The van der Waals surface area contributed by atoms with Gasteiger partial charge < -0.3 is 14.8 Å². The van der Waals surface area contributed by atoms with Gasteiger partial charge in [-0.2, -0.15) is 0 Å². The van der Waals surface area contributed by atoms with Crippen molar-refractivity contribution < 1.29 is 14.3 Å². The van der Waals surface area contributed by atoms with Crippen molar-refractivity contribution >= 4 is 22.9 Å². The van der Waals surface area contributed by atoms with Crippen LogP contribution in [0.1, 0.15) is 39.0 Å². The summed E-state index contributed by atoms with van der Waals surface area (Å²) >= 11 is 1.61. The molecule has 116 valence electrons. The van der Waals surface area contributed by atoms with Gasteiger partial charge in [0.2, 0.25) is 0 Å². The molecule has 0 amide bonds. The molecular weight excluding hydrogens is 288 g/mol. The molecule has 21 heavy (non-hydrogen) atoms. The highest BCUT2D eigenvalue weighted by atomic mass is 32.2. The van der Waals surface area contributed by atoms with E-state index in [1.807, 2.05) is 6.08 Å². The van der Waals surface area contributed by atoms with Gasteiger partial charge in [-0.1, -0.05) is 43.2 Å². The zero-order chi connectivity index (χ0) is 14.7. The van der Waals surface area contributed by atoms with Crippen LogP contribution in [0.3, 0.4) is 0 Å². The molecule has 0 bridgehead atoms. The topological polar surface area (TPSA) is 59.9 Å². The van der Waals surface area contributed by atoms with Crippen molar-refractivity contribution in [2.24, 2.45) is 4.99 Å². The molecule has 3 rings (SSSR count). The highest BCUT2D eigenvalue weighted by molar-refractivity contribution is 8.14. The Hall–Kier alpha value is -1.01. The zero-order valence-corrected chi connectivity index (χ0v) is 13.2. The Labute approximate surface area is 129 Å². The minimum Gasteiger partial charge on any atom is -0.463 e. The fourth-order valence-corrected chi connectivity index (χ4v) is 4.23. The van der Waals surface area contributed by atoms with Crippen LogP contribution in [0.5, 0.6) is 0 Å². The SMILES string of the molecule is CC(=O)OCC12C=CCOC1SC(=NC1CCCCC1)N2. The predicted molar refractivity (Wildman–Crippen MR) is 83.3 cm³/mol. The van der Waals surface area contributed by atoms with Gasteiger partial charge in [0.15, 0.2) is 5.17 Å². The van der Waals surface area contributed by atoms with Gasteiger partial charge in [0.25, 0.3) is 0 Å². The Morgan fingerprint density at radius 2 is 2.33 bits per heavy atom. The number of ether oxygens (including phenoxy) is 2. The first kappa shape index (κ1) is 14.9. The molecule has 1 saturated heterocycles. The number of carbonyl (C=O) groups excluding carboxylic acids is 1. The number of amidine groups is 1. The van der Waals surface area contributed by atoms with E-state index >= 15 is 0 Å². The molecule has 0 aromatic rings. The first-order valence-electron chi connectivity index (χ1n) is 7.63. The summed E-state index contributed by atoms with van der Waals surface area (Å²) in [4.78, 5) is 16.0. The average molecular weight is 310 g/mol. The average Bonchev–Trinajstić information content (AvgIpc) is 2.84. The highest BCUT2D eigenvalue weighted by Gasteiger charge is 2.48. The highest BCUT2D eigenvalue weighted by Crippen LogP contribution is 2.37. The lowest BCUT2D eigenvalue weighted by Crippen LogP contribution is -2.53. The number of rotatable bonds is 3. The van der Waals surface area contributed by atoms with Gasteiger partial charge in [-0.25, -0.2) is 0 Å². The Bertz CT molecular complexity index is 460. The molecule has 3 aliphatic rings. The van der Waals surface area contributed by atoms with Crippen LogP contribution in [-0.2, 0) is 14.3 Å². The second kappa shape index (κ2) is 6.40. The molecule has 0 aromatic carbocycles. The molecule has 0 radical (unpaired) electrons. The van der Waals surface area contributed by atoms with E-state index in [1.54, 1.807) is 11.8 Å². The summed E-state index contributed by atoms with van der Waals surface area (Å²) in [6.07, 6.45) is 10.2. The number of carbonyl (C=O) groups is 1. The van der Waals surface area contributed by atoms with Crippen LogP contribution in [0.15, 0.2) is 17.1 Å². The molecular formula is C15H22N2O3S. The lowest BCUT2D eigenvalue weighted by Gasteiger charge is -2.33. The molecule has 5 nitrogen and oxygen atoms in total. The number of aliphatic imine (C=N–C) groups is 1. The Morgan fingerprint density at radius 1 is 1.52 bits per heavy atom. The lowest BCUT2D eigenvalue weighted by molar-refractivity contribution is -0.143. The molecule has 2 unspecified atom stereocenters. The zero-order valence-electron chi connectivity index (χ0n) is 12.3. The predicted octanol–water partition coefficient (Wildman–Crippen LogP) is 2.23. The van der Waals surface area contributed by atoms with Gasteiger partial charge in [-0.3, -0.25) is 9.79 Å². The third kappa shape index (κ3) is 3.43. The van der Waals surface area contributed by atoms with E-state index in [1.165, 1.54) is 39.0 Å². The minimum absolute atomic E-state index is 0.0795. The molecule has 1 aliphatic carbocycles. The van der Waals surface area contributed by atoms with E-state index in [0.717, 1.165) is 5.17 Å². The molecule has 1 N–H and O–H groups in total. The van der Waals surface area contributed by atoms with Crippen LogP contribution in [0.2, 0.25) is 0 Å². The maximum atomic E-state index is 11.1. The van der Waals surface area contributed by atoms with Crippen LogP contribution in [0.25, 0.3) is 0 Å². The second-order valence-electron chi connectivity index (χ2n) is 5.86. The standard InChI is InChI=1S/C15H22N2O3S/c1-11(18)20-10-15-8-5-9-19-13(15)21-14(17-15)16-12-6-3-2-4-7-12/h5,8,12-13H,2-4,6-7,9-10H2,1H3,(H,16,17). The van der Waals surface area contributed by atoms with Crippen molar-refractivity contribution in [3.8, 4) is 0 Å². The van der Waals surface area contributed by atoms with Crippen molar-refractivity contribution in [2.75, 3.05) is 13.2 Å². The molecule has 1 saturated carbocycles. The normalized spacial score (nSPS) is 34.5. The maximum absolute atomic E-state index is 11.1. The molecule has 2 heterocycles. The van der Waals surface area contributed by atoms with Crippen molar-refractivity contribution in [1.82, 2.24) is 5.32 Å². The molecule has 6 heteroatoms. The minimum atomic E-state index is -0.470. The number of thioether (sulfide) groups is 1. The van der Waals surface area contributed by atoms with Crippen LogP contribution in [0.4, 0.5) is 0 Å². The maximum Gasteiger partial charge on any atom is 0.302 e. The van der Waals surface area contributed by atoms with E-state index in [9.17, 15) is 4.79 Å². The smallest absolute Gasteiger partial charge is 0.302 e. The number of nitrogens with one attached hydrogen (secondary N) is 1. The summed E-state index contributed by atoms with van der Waals surface area (Å²) < 4.78 is 11.0. The fraction of sp³-hybridized carbons (Fsp3) is 0.733. The van der Waals surface area contributed by atoms with Crippen molar-refractivity contribution in [3.05, 3.63) is 12.2 Å². The number of hydrogen-bond donors (Lipinski definition) is 1. The Kier molecular flexibility index (Phi) is 4.54. The monoisotopic (exact) mass is 310 g/mol. The number of hydrogen-bond acceptors (Lipinski definition) is 5. The molecule has 2 fully saturated rings. The van der Waals surface area contributed by atoms with E-state index in [0.29, 0.717) is 12.6 Å². The van der Waals surface area contributed by atoms with E-state index < -0.39 is 5.54 Å². The summed E-state index contributed by atoms with van der Waals surface area (Å²) in [5, 5.41) is 4.35. The molecule has 0 aromatic heterocycles. The number of esters is 1. The summed E-state index contributed by atoms with van der Waals surface area (Å²) in [6.45, 7) is 2.30. The first-order chi connectivity index (χ1) is 10.2. The summed E-state index contributed by atoms with van der Waals surface area (Å²) in [5.74, 6) is -0.272. The summed E-state index contributed by atoms with van der Waals surface area (Å²) in [7, 11) is 0. The Morgan fingerprint density at radius 3 is 3.10 bits per heavy atom. The van der Waals surface area contributed by atoms with Gasteiger partial charge in [0.1, 0.15) is 17.6 Å². The largest absolute Gasteiger partial charge is 0.463 e. The number of fused-ring (bicyclic) bond motifs is 1. The van der Waals surface area contributed by atoms with E-state index in [4.69, 9.17) is 14.5 Å². The lowest BCUT2D eigenvalue weighted by atomic mass is 9.96. The van der Waals surface area contributed by atoms with Crippen molar-refractivity contribution in [1.29, 1.82) is 0 Å². The van der Waals surface area contributed by atoms with Crippen LogP contribution >= 0.6 is 11.8 Å². The van der Waals surface area contributed by atoms with E-state index in [2.05, 4.69) is 11.4 Å². The molecule has 0 spiro atoms. The van der Waals surface area contributed by atoms with Crippen LogP contribution in [-0.4, -0.2) is 41.4 Å². The first-order valence-corrected chi connectivity index (χ1v) is 8.51. The van der Waals surface area contributed by atoms with Crippen LogP contribution in [0, 0.1) is 0 Å². The summed E-state index contributed by atoms with van der Waals surface area (Å²) in [5.41, 5.74) is -0.550. The third-order valence-electron chi connectivity index (χ3n) is 4.13. The quantitative estimate of drug-likeness (QED) is 0.640. The fourth-order valence-electron chi connectivity index (χ4n) is 3.01. The van der Waals surface area contributed by atoms with Gasteiger partial charge in [0, 0.05) is 6.92 Å². The van der Waals surface area contributed by atoms with Crippen molar-refractivity contribution in [2.45, 2.75) is 56.0 Å². The Balaban J connectivity index is 1.71. The van der Waals surface area contributed by atoms with E-state index in [-0.39, 0.29) is 18.0 Å². The molecule has 2 atom stereocenters. The summed E-state index contributed by atoms with van der Waals surface area (Å²) in [6, 6.07) is 0.420. The van der Waals surface area contributed by atoms with Gasteiger partial charge in [-0.15, -0.1) is 0 Å². The van der Waals surface area contributed by atoms with Crippen LogP contribution < -0.4 is 5.32 Å². The third-order valence-corrected chi connectivity index (χ3v) is 5.33. The molecule has 2 aliphatic heterocycles. The van der Waals surface area contributed by atoms with Gasteiger partial charge >= 0.3 is 5.97 Å². The second-order valence-corrected chi connectivity index (χ2v) is 6.91.